The molecule has 2 atom stereocenters. The van der Waals surface area contributed by atoms with Crippen molar-refractivity contribution in [3.8, 4) is 0 Å². The summed E-state index contributed by atoms with van der Waals surface area (Å²) in [7, 11) is 1.28. The molecular weight excluding hydrogens is 530 g/mol. The maximum atomic E-state index is 13.0. The van der Waals surface area contributed by atoms with Crippen molar-refractivity contribution in [1.29, 1.82) is 0 Å². The van der Waals surface area contributed by atoms with E-state index in [1.165, 1.54) is 48.2 Å². The van der Waals surface area contributed by atoms with Gasteiger partial charge in [-0.25, -0.2) is 24.7 Å². The molecule has 14 nitrogen and oxygen atoms in total. The Morgan fingerprint density at radius 3 is 2.97 bits per heavy atom. The van der Waals surface area contributed by atoms with E-state index in [1.54, 1.807) is 5.38 Å². The van der Waals surface area contributed by atoms with Crippen LogP contribution in [0.3, 0.4) is 0 Å². The summed E-state index contributed by atoms with van der Waals surface area (Å²) in [5.74, 6) is -1.79. The number of hydrogen-bond donors (Lipinski definition) is 4. The number of nitrogens with zero attached hydrogens (tertiary/aromatic N) is 6. The van der Waals surface area contributed by atoms with E-state index in [4.69, 9.17) is 10.6 Å². The predicted molar refractivity (Wildman–Crippen MR) is 132 cm³/mol. The molecule has 2 aliphatic rings. The number of amides is 2. The number of nitrogens with two attached hydrogens (primary N) is 1. The summed E-state index contributed by atoms with van der Waals surface area (Å²) >= 11 is 3.81. The van der Waals surface area contributed by atoms with Crippen LogP contribution in [0.15, 0.2) is 39.5 Å². The van der Waals surface area contributed by atoms with Crippen molar-refractivity contribution in [1.82, 2.24) is 35.1 Å². The number of carbonyl (C=O) groups is 3. The quantitative estimate of drug-likeness (QED) is 0.0987. The molecular formula is C19H17N9O5S3. The Hall–Kier alpha value is -3.70. The molecule has 0 aliphatic carbocycles. The van der Waals surface area contributed by atoms with E-state index in [-0.39, 0.29) is 22.2 Å². The lowest BCUT2D eigenvalue weighted by Gasteiger charge is -2.49. The Bertz CT molecular complexity index is 1430. The monoisotopic (exact) mass is 547 g/mol. The molecule has 5 heterocycles. The van der Waals surface area contributed by atoms with Gasteiger partial charge >= 0.3 is 5.97 Å². The summed E-state index contributed by atoms with van der Waals surface area (Å²) in [6.45, 7) is 0. The van der Waals surface area contributed by atoms with Crippen LogP contribution in [-0.4, -0.2) is 88.5 Å². The number of β-lactam (4-membered cyclic amide) rings is 1. The summed E-state index contributed by atoms with van der Waals surface area (Å²) in [5.41, 5.74) is 7.35. The number of H-pyrrole nitrogens is 1. The van der Waals surface area contributed by atoms with E-state index in [0.717, 1.165) is 11.3 Å². The summed E-state index contributed by atoms with van der Waals surface area (Å²) < 4.78 is 0. The fourth-order valence-electron chi connectivity index (χ4n) is 3.70. The second-order valence-electron chi connectivity index (χ2n) is 7.38. The second kappa shape index (κ2) is 9.75. The van der Waals surface area contributed by atoms with Crippen LogP contribution in [0.4, 0.5) is 5.13 Å². The van der Waals surface area contributed by atoms with Gasteiger partial charge in [0, 0.05) is 16.9 Å². The largest absolute Gasteiger partial charge is 0.477 e. The number of fused-ring (bicyclic) bond motifs is 2. The number of nitrogen functional groups attached to an aromatic ring is 1. The maximum Gasteiger partial charge on any atom is 0.352 e. The van der Waals surface area contributed by atoms with Gasteiger partial charge in [0.05, 0.1) is 6.33 Å². The molecule has 3 aromatic heterocycles. The van der Waals surface area contributed by atoms with Gasteiger partial charge in [0.2, 0.25) is 0 Å². The molecule has 2 amide bonds. The third-order valence-electron chi connectivity index (χ3n) is 5.27. The minimum absolute atomic E-state index is 0.0882. The van der Waals surface area contributed by atoms with E-state index in [0.29, 0.717) is 33.3 Å². The molecule has 0 unspecified atom stereocenters. The fraction of sp³-hybridized carbons (Fsp3) is 0.263. The van der Waals surface area contributed by atoms with Gasteiger partial charge in [-0.3, -0.25) is 14.5 Å². The van der Waals surface area contributed by atoms with Crippen LogP contribution >= 0.6 is 34.9 Å². The van der Waals surface area contributed by atoms with Crippen molar-refractivity contribution >= 4 is 74.7 Å². The molecule has 36 heavy (non-hydrogen) atoms. The predicted octanol–water partition coefficient (Wildman–Crippen LogP) is 0.273. The molecule has 2 aliphatic heterocycles. The number of carboxylic acid groups (broad SMARTS) is 1. The van der Waals surface area contributed by atoms with E-state index >= 15 is 0 Å². The van der Waals surface area contributed by atoms with Crippen molar-refractivity contribution in [2.75, 3.05) is 24.3 Å². The average molecular weight is 548 g/mol. The van der Waals surface area contributed by atoms with Crippen LogP contribution in [0.2, 0.25) is 0 Å². The van der Waals surface area contributed by atoms with E-state index < -0.39 is 29.2 Å². The van der Waals surface area contributed by atoms with Gasteiger partial charge in [-0.1, -0.05) is 16.9 Å². The van der Waals surface area contributed by atoms with E-state index in [2.05, 4.69) is 35.4 Å². The highest BCUT2D eigenvalue weighted by molar-refractivity contribution is 8.01. The van der Waals surface area contributed by atoms with E-state index in [9.17, 15) is 19.5 Å². The van der Waals surface area contributed by atoms with Gasteiger partial charge in [-0.05, 0) is 5.57 Å². The van der Waals surface area contributed by atoms with Crippen LogP contribution in [0, 0.1) is 0 Å². The van der Waals surface area contributed by atoms with Crippen LogP contribution in [0.5, 0.6) is 0 Å². The number of rotatable bonds is 8. The lowest BCUT2D eigenvalue weighted by molar-refractivity contribution is -0.150. The Morgan fingerprint density at radius 1 is 1.42 bits per heavy atom. The normalized spacial score (nSPS) is 19.8. The molecule has 0 spiro atoms. The first-order valence-electron chi connectivity index (χ1n) is 10.2. The molecule has 5 N–H and O–H groups in total. The number of aromatic amines is 1. The number of thioether (sulfide) groups is 2. The van der Waals surface area contributed by atoms with Gasteiger partial charge in [0.25, 0.3) is 11.8 Å². The fourth-order valence-corrected chi connectivity index (χ4v) is 6.69. The third-order valence-corrected chi connectivity index (χ3v) is 8.36. The molecule has 17 heteroatoms. The zero-order valence-electron chi connectivity index (χ0n) is 18.4. The number of carboxylic acids is 1. The number of aliphatic carboxylic acids is 1. The minimum Gasteiger partial charge on any atom is -0.477 e. The van der Waals surface area contributed by atoms with E-state index in [1.807, 2.05) is 0 Å². The topological polar surface area (TPSA) is 202 Å². The van der Waals surface area contributed by atoms with Gasteiger partial charge in [-0.2, -0.15) is 0 Å². The number of thiazole rings is 1. The third kappa shape index (κ3) is 4.24. The first-order valence-corrected chi connectivity index (χ1v) is 13.1. The average Bonchev–Trinajstić information content (AvgIpc) is 3.52. The maximum absolute atomic E-state index is 13.0. The zero-order valence-corrected chi connectivity index (χ0v) is 20.8. The van der Waals surface area contributed by atoms with Crippen molar-refractivity contribution in [3.05, 3.63) is 35.0 Å². The molecule has 1 fully saturated rings. The first kappa shape index (κ1) is 24.0. The summed E-state index contributed by atoms with van der Waals surface area (Å²) in [5, 5.41) is 18.1. The van der Waals surface area contributed by atoms with Crippen molar-refractivity contribution in [3.63, 3.8) is 0 Å². The molecule has 0 aromatic carbocycles. The Balaban J connectivity index is 1.32. The van der Waals surface area contributed by atoms with Crippen LogP contribution < -0.4 is 11.1 Å². The highest BCUT2D eigenvalue weighted by atomic mass is 32.2. The minimum atomic E-state index is -1.22. The Kier molecular flexibility index (Phi) is 6.50. The molecule has 186 valence electrons. The van der Waals surface area contributed by atoms with Crippen molar-refractivity contribution in [2.24, 2.45) is 5.16 Å². The van der Waals surface area contributed by atoms with Crippen molar-refractivity contribution < 1.29 is 24.3 Å². The Morgan fingerprint density at radius 2 is 2.25 bits per heavy atom. The van der Waals surface area contributed by atoms with Gasteiger partial charge < -0.3 is 26.0 Å². The molecule has 5 rings (SSSR count). The smallest absolute Gasteiger partial charge is 0.352 e. The summed E-state index contributed by atoms with van der Waals surface area (Å²) in [4.78, 5) is 63.3. The number of imidazole rings is 1. The lowest BCUT2D eigenvalue weighted by atomic mass is 10.0. The van der Waals surface area contributed by atoms with Gasteiger partial charge in [-0.15, -0.1) is 23.1 Å². The molecule has 0 bridgehead atoms. The first-order chi connectivity index (χ1) is 17.4. The van der Waals surface area contributed by atoms with Crippen LogP contribution in [-0.2, 0) is 19.2 Å². The Labute approximate surface area is 214 Å². The highest BCUT2D eigenvalue weighted by Gasteiger charge is 2.54. The second-order valence-corrected chi connectivity index (χ2v) is 10.3. The number of carbonyl (C=O) groups excluding carboxylic acids is 2. The number of hydrogen-bond acceptors (Lipinski definition) is 13. The standard InChI is InChI=1S/C19H17N9O5S3/c1-33-27-9(8-4-36-19(20)25-8)14(29)26-11-16(30)28-12(18(31)32)7(3-35-17(11)28)2-34-15-10-13(22-5-21-10)23-6-24-15/h4-6,11,17H,2-3H2,1H3,(H2,20,25)(H,26,29)(H,31,32)(H,21,22,23,24)/t11-,17+/m1/s1. The summed E-state index contributed by atoms with van der Waals surface area (Å²) in [6, 6.07) is -0.935. The van der Waals surface area contributed by atoms with Gasteiger partial charge in [0.15, 0.2) is 16.5 Å². The molecule has 1 saturated heterocycles. The molecule has 0 radical (unpaired) electrons. The number of anilines is 1. The SMILES string of the molecule is CON=C(C(=O)N[C@@H]1C(=O)N2C(C(=O)O)=C(CSc3ncnc4nc[nH]c34)CS[C@@H]12)c1csc(N)n1. The molecule has 3 aromatic rings. The van der Waals surface area contributed by atoms with Crippen LogP contribution in [0.1, 0.15) is 5.69 Å². The van der Waals surface area contributed by atoms with Crippen molar-refractivity contribution in [2.45, 2.75) is 16.4 Å². The summed E-state index contributed by atoms with van der Waals surface area (Å²) in [6.07, 6.45) is 2.89. The van der Waals surface area contributed by atoms with Gasteiger partial charge in [0.1, 0.15) is 46.8 Å². The highest BCUT2D eigenvalue weighted by Crippen LogP contribution is 2.41. The number of aromatic nitrogens is 5. The number of oxime groups is 1. The van der Waals surface area contributed by atoms with Crippen LogP contribution in [0.25, 0.3) is 11.2 Å². The lowest BCUT2D eigenvalue weighted by Crippen LogP contribution is -2.71. The zero-order chi connectivity index (χ0) is 25.4. The molecule has 0 saturated carbocycles. The number of nitrogens with one attached hydrogen (secondary N) is 2.